The third kappa shape index (κ3) is 3.67. The third-order valence-corrected chi connectivity index (χ3v) is 3.46. The van der Waals surface area contributed by atoms with E-state index in [2.05, 4.69) is 29.5 Å². The number of halogens is 1. The molecule has 0 spiro atoms. The minimum atomic E-state index is -0.000648. The van der Waals surface area contributed by atoms with Gasteiger partial charge >= 0.3 is 0 Å². The van der Waals surface area contributed by atoms with Crippen LogP contribution in [-0.2, 0) is 4.79 Å². The monoisotopic (exact) mass is 283 g/mol. The summed E-state index contributed by atoms with van der Waals surface area (Å²) in [5.74, 6) is 0.586. The van der Waals surface area contributed by atoms with Crippen LogP contribution >= 0.6 is 12.4 Å². The van der Waals surface area contributed by atoms with E-state index < -0.39 is 0 Å². The number of hydrogen-bond acceptors (Lipinski definition) is 3. The van der Waals surface area contributed by atoms with Gasteiger partial charge in [0.2, 0.25) is 5.91 Å². The second-order valence-electron chi connectivity index (χ2n) is 5.29. The molecule has 0 bridgehead atoms. The molecule has 2 N–H and O–H groups in total. The third-order valence-electron chi connectivity index (χ3n) is 3.46. The Bertz CT molecular complexity index is 432. The van der Waals surface area contributed by atoms with Gasteiger partial charge in [0.25, 0.3) is 0 Å². The molecule has 0 aliphatic carbocycles. The molecule has 1 unspecified atom stereocenters. The maximum absolute atomic E-state index is 12.0. The van der Waals surface area contributed by atoms with Crippen molar-refractivity contribution >= 4 is 18.3 Å². The summed E-state index contributed by atoms with van der Waals surface area (Å²) >= 11 is 0. The summed E-state index contributed by atoms with van der Waals surface area (Å²) in [5, 5.41) is 6.25. The van der Waals surface area contributed by atoms with Gasteiger partial charge in [-0.1, -0.05) is 19.9 Å². The average molecular weight is 284 g/mol. The number of pyridine rings is 1. The van der Waals surface area contributed by atoms with Gasteiger partial charge in [-0.3, -0.25) is 9.78 Å². The van der Waals surface area contributed by atoms with Crippen LogP contribution in [0.15, 0.2) is 18.3 Å². The van der Waals surface area contributed by atoms with E-state index in [0.717, 1.165) is 24.3 Å². The predicted octanol–water partition coefficient (Wildman–Crippen LogP) is 1.84. The zero-order valence-electron chi connectivity index (χ0n) is 11.6. The van der Waals surface area contributed by atoms with Crippen molar-refractivity contribution < 1.29 is 4.79 Å². The normalized spacial score (nSPS) is 16.4. The van der Waals surface area contributed by atoms with Crippen LogP contribution in [0.3, 0.4) is 0 Å². The van der Waals surface area contributed by atoms with Crippen LogP contribution in [0.4, 0.5) is 0 Å². The van der Waals surface area contributed by atoms with Gasteiger partial charge in [0, 0.05) is 19.3 Å². The lowest BCUT2D eigenvalue weighted by molar-refractivity contribution is -0.127. The predicted molar refractivity (Wildman–Crippen MR) is 78.3 cm³/mol. The van der Waals surface area contributed by atoms with Gasteiger partial charge < -0.3 is 10.6 Å². The summed E-state index contributed by atoms with van der Waals surface area (Å²) in [6, 6.07) is 3.96. The van der Waals surface area contributed by atoms with Crippen molar-refractivity contribution in [2.45, 2.75) is 26.8 Å². The summed E-state index contributed by atoms with van der Waals surface area (Å²) in [5.41, 5.74) is 2.11. The molecule has 1 fully saturated rings. The molecule has 2 rings (SSSR count). The standard InChI is InChI=1S/C14H21N3O.ClH/c1-9(2)12(13-10(3)5-4-6-16-13)17-14(18)11-7-15-8-11;/h4-6,9,11-12,15H,7-8H2,1-3H3,(H,17,18);1H. The highest BCUT2D eigenvalue weighted by molar-refractivity contribution is 5.85. The van der Waals surface area contributed by atoms with Crippen LogP contribution in [0.5, 0.6) is 0 Å². The second kappa shape index (κ2) is 6.87. The van der Waals surface area contributed by atoms with Crippen molar-refractivity contribution in [1.82, 2.24) is 15.6 Å². The van der Waals surface area contributed by atoms with E-state index in [1.807, 2.05) is 19.1 Å². The van der Waals surface area contributed by atoms with Crippen molar-refractivity contribution in [3.63, 3.8) is 0 Å². The number of carbonyl (C=O) groups is 1. The smallest absolute Gasteiger partial charge is 0.226 e. The first kappa shape index (κ1) is 15.9. The van der Waals surface area contributed by atoms with Crippen molar-refractivity contribution in [2.75, 3.05) is 13.1 Å². The van der Waals surface area contributed by atoms with Crippen LogP contribution in [0, 0.1) is 18.8 Å². The summed E-state index contributed by atoms with van der Waals surface area (Å²) < 4.78 is 0. The van der Waals surface area contributed by atoms with Crippen molar-refractivity contribution in [1.29, 1.82) is 0 Å². The molecule has 0 aromatic carbocycles. The van der Waals surface area contributed by atoms with Gasteiger partial charge in [-0.25, -0.2) is 0 Å². The Morgan fingerprint density at radius 3 is 2.63 bits per heavy atom. The Labute approximate surface area is 120 Å². The second-order valence-corrected chi connectivity index (χ2v) is 5.29. The lowest BCUT2D eigenvalue weighted by Crippen LogP contribution is -2.51. The van der Waals surface area contributed by atoms with Gasteiger partial charge in [-0.15, -0.1) is 12.4 Å². The van der Waals surface area contributed by atoms with Crippen LogP contribution in [0.1, 0.15) is 31.1 Å². The van der Waals surface area contributed by atoms with Crippen LogP contribution in [0.2, 0.25) is 0 Å². The van der Waals surface area contributed by atoms with Gasteiger partial charge in [-0.2, -0.15) is 0 Å². The Morgan fingerprint density at radius 1 is 1.47 bits per heavy atom. The number of amides is 1. The van der Waals surface area contributed by atoms with E-state index >= 15 is 0 Å². The number of aryl methyl sites for hydroxylation is 1. The maximum Gasteiger partial charge on any atom is 0.226 e. The molecule has 1 amide bonds. The molecule has 1 aliphatic rings. The minimum Gasteiger partial charge on any atom is -0.347 e. The molecule has 1 saturated heterocycles. The fourth-order valence-electron chi connectivity index (χ4n) is 2.12. The topological polar surface area (TPSA) is 54.0 Å². The largest absolute Gasteiger partial charge is 0.347 e. The van der Waals surface area contributed by atoms with E-state index in [9.17, 15) is 4.79 Å². The fourth-order valence-corrected chi connectivity index (χ4v) is 2.12. The Balaban J connectivity index is 0.00000180. The Kier molecular flexibility index (Phi) is 5.76. The molecule has 5 heteroatoms. The quantitative estimate of drug-likeness (QED) is 0.887. The Hall–Kier alpha value is -1.13. The highest BCUT2D eigenvalue weighted by Gasteiger charge is 2.29. The van der Waals surface area contributed by atoms with Crippen molar-refractivity contribution in [3.8, 4) is 0 Å². The maximum atomic E-state index is 12.0. The summed E-state index contributed by atoms with van der Waals surface area (Å²) in [4.78, 5) is 16.5. The highest BCUT2D eigenvalue weighted by atomic mass is 35.5. The molecule has 0 saturated carbocycles. The summed E-state index contributed by atoms with van der Waals surface area (Å²) in [6.07, 6.45) is 1.79. The number of nitrogens with one attached hydrogen (secondary N) is 2. The van der Waals surface area contributed by atoms with Crippen LogP contribution in [-0.4, -0.2) is 24.0 Å². The number of hydrogen-bond donors (Lipinski definition) is 2. The molecular weight excluding hydrogens is 262 g/mol. The van der Waals surface area contributed by atoms with Gasteiger partial charge in [0.1, 0.15) is 0 Å². The van der Waals surface area contributed by atoms with Gasteiger partial charge in [0.15, 0.2) is 0 Å². The lowest BCUT2D eigenvalue weighted by Gasteiger charge is -2.30. The molecule has 2 heterocycles. The first-order chi connectivity index (χ1) is 8.59. The van der Waals surface area contributed by atoms with E-state index in [0.29, 0.717) is 5.92 Å². The molecule has 4 nitrogen and oxygen atoms in total. The first-order valence-corrected chi connectivity index (χ1v) is 6.52. The summed E-state index contributed by atoms with van der Waals surface area (Å²) in [6.45, 7) is 7.83. The van der Waals surface area contributed by atoms with E-state index in [1.165, 1.54) is 0 Å². The van der Waals surface area contributed by atoms with Gasteiger partial charge in [0.05, 0.1) is 17.7 Å². The fraction of sp³-hybridized carbons (Fsp3) is 0.571. The van der Waals surface area contributed by atoms with E-state index in [-0.39, 0.29) is 30.3 Å². The minimum absolute atomic E-state index is 0. The zero-order chi connectivity index (χ0) is 13.1. The van der Waals surface area contributed by atoms with Crippen molar-refractivity contribution in [2.24, 2.45) is 11.8 Å². The molecule has 0 radical (unpaired) electrons. The van der Waals surface area contributed by atoms with Crippen LogP contribution < -0.4 is 10.6 Å². The van der Waals surface area contributed by atoms with Crippen LogP contribution in [0.25, 0.3) is 0 Å². The molecular formula is C14H22ClN3O. The first-order valence-electron chi connectivity index (χ1n) is 6.52. The summed E-state index contributed by atoms with van der Waals surface area (Å²) in [7, 11) is 0. The number of rotatable bonds is 4. The van der Waals surface area contributed by atoms with E-state index in [1.54, 1.807) is 6.20 Å². The van der Waals surface area contributed by atoms with E-state index in [4.69, 9.17) is 0 Å². The van der Waals surface area contributed by atoms with Crippen molar-refractivity contribution in [3.05, 3.63) is 29.6 Å². The molecule has 1 atom stereocenters. The molecule has 1 aromatic rings. The Morgan fingerprint density at radius 2 is 2.16 bits per heavy atom. The number of aromatic nitrogens is 1. The molecule has 1 aromatic heterocycles. The SMILES string of the molecule is Cc1cccnc1C(NC(=O)C1CNC1)C(C)C.Cl. The number of carbonyl (C=O) groups excluding carboxylic acids is 1. The highest BCUT2D eigenvalue weighted by Crippen LogP contribution is 2.23. The average Bonchev–Trinajstić information content (AvgIpc) is 2.24. The number of nitrogens with zero attached hydrogens (tertiary/aromatic N) is 1. The lowest BCUT2D eigenvalue weighted by atomic mass is 9.95. The molecule has 1 aliphatic heterocycles. The molecule has 106 valence electrons. The zero-order valence-corrected chi connectivity index (χ0v) is 12.5. The molecule has 19 heavy (non-hydrogen) atoms. The van der Waals surface area contributed by atoms with Gasteiger partial charge in [-0.05, 0) is 24.5 Å².